The van der Waals surface area contributed by atoms with Crippen molar-refractivity contribution in [2.24, 2.45) is 0 Å². The molecule has 1 unspecified atom stereocenters. The van der Waals surface area contributed by atoms with Gasteiger partial charge < -0.3 is 0 Å². The van der Waals surface area contributed by atoms with E-state index in [1.807, 2.05) is 5.57 Å². The number of benzene rings is 1. The van der Waals surface area contributed by atoms with E-state index in [1.165, 1.54) is 49.4 Å². The summed E-state index contributed by atoms with van der Waals surface area (Å²) in [7, 11) is 0. The van der Waals surface area contributed by atoms with E-state index in [0.717, 1.165) is 5.92 Å². The van der Waals surface area contributed by atoms with Gasteiger partial charge in [0.1, 0.15) is 0 Å². The van der Waals surface area contributed by atoms with Gasteiger partial charge in [0.05, 0.1) is 0 Å². The molecule has 1 heteroatoms. The van der Waals surface area contributed by atoms with Gasteiger partial charge in [-0.1, -0.05) is 27.6 Å². The van der Waals surface area contributed by atoms with E-state index >= 15 is 0 Å². The Morgan fingerprint density at radius 3 is 2.82 bits per heavy atom. The van der Waals surface area contributed by atoms with Crippen LogP contribution in [0.4, 0.5) is 0 Å². The van der Waals surface area contributed by atoms with Crippen molar-refractivity contribution in [3.8, 4) is 0 Å². The Bertz CT molecular complexity index is 525. The fourth-order valence-corrected chi connectivity index (χ4v) is 4.69. The smallest absolute Gasteiger partial charge is 0.0210 e. The summed E-state index contributed by atoms with van der Waals surface area (Å²) in [4.78, 5) is 0. The minimum absolute atomic E-state index is 0.793. The van der Waals surface area contributed by atoms with Crippen LogP contribution in [0.15, 0.2) is 22.2 Å². The topological polar surface area (TPSA) is 0 Å². The molecule has 1 atom stereocenters. The van der Waals surface area contributed by atoms with Crippen molar-refractivity contribution in [2.45, 2.75) is 50.9 Å². The van der Waals surface area contributed by atoms with Gasteiger partial charge >= 0.3 is 0 Å². The van der Waals surface area contributed by atoms with Crippen LogP contribution in [-0.4, -0.2) is 0 Å². The molecule has 0 nitrogen and oxygen atoms in total. The number of allylic oxidation sites excluding steroid dienone is 2. The van der Waals surface area contributed by atoms with E-state index in [1.54, 1.807) is 22.3 Å². The zero-order valence-corrected chi connectivity index (χ0v) is 11.6. The van der Waals surface area contributed by atoms with Crippen molar-refractivity contribution in [1.29, 1.82) is 0 Å². The molecule has 17 heavy (non-hydrogen) atoms. The van der Waals surface area contributed by atoms with Crippen LogP contribution in [-0.2, 0) is 6.42 Å². The van der Waals surface area contributed by atoms with E-state index in [9.17, 15) is 0 Å². The fourth-order valence-electron chi connectivity index (χ4n) is 4.15. The molecule has 0 N–H and O–H groups in total. The lowest BCUT2D eigenvalue weighted by molar-refractivity contribution is 0.581. The normalized spacial score (nSPS) is 25.8. The van der Waals surface area contributed by atoms with Crippen LogP contribution in [0.5, 0.6) is 0 Å². The molecule has 0 aromatic heterocycles. The summed E-state index contributed by atoms with van der Waals surface area (Å²) in [6, 6.07) is 4.65. The van der Waals surface area contributed by atoms with Crippen molar-refractivity contribution in [1.82, 2.24) is 0 Å². The molecule has 0 saturated heterocycles. The first kappa shape index (κ1) is 10.4. The standard InChI is InChI=1S/C16H17Br/c17-15-9-8-13-11-5-2-1-4-10(11)12-6-3-7-14(15)16(12)13/h8-9,12H,1-7H2. The second-order valence-electron chi connectivity index (χ2n) is 5.64. The number of rotatable bonds is 0. The molecule has 1 aromatic rings. The molecular weight excluding hydrogens is 272 g/mol. The lowest BCUT2D eigenvalue weighted by Gasteiger charge is -2.26. The van der Waals surface area contributed by atoms with Gasteiger partial charge in [-0.15, -0.1) is 0 Å². The lowest BCUT2D eigenvalue weighted by atomic mass is 9.80. The molecule has 1 aromatic carbocycles. The SMILES string of the molecule is Brc1ccc2c3c1CCCC3C1=C2CCCC1. The molecule has 0 aliphatic heterocycles. The van der Waals surface area contributed by atoms with Crippen LogP contribution in [0.3, 0.4) is 0 Å². The Hall–Kier alpha value is -0.560. The van der Waals surface area contributed by atoms with Crippen LogP contribution in [0.2, 0.25) is 0 Å². The van der Waals surface area contributed by atoms with Gasteiger partial charge in [0.2, 0.25) is 0 Å². The van der Waals surface area contributed by atoms with Crippen LogP contribution in [0.1, 0.15) is 61.1 Å². The Balaban J connectivity index is 1.98. The van der Waals surface area contributed by atoms with Gasteiger partial charge in [0.15, 0.2) is 0 Å². The van der Waals surface area contributed by atoms with Gasteiger partial charge in [0, 0.05) is 10.4 Å². The number of hydrogen-bond acceptors (Lipinski definition) is 0. The number of hydrogen-bond donors (Lipinski definition) is 0. The van der Waals surface area contributed by atoms with Gasteiger partial charge in [-0.2, -0.15) is 0 Å². The second-order valence-corrected chi connectivity index (χ2v) is 6.50. The molecule has 0 heterocycles. The average Bonchev–Trinajstić information content (AvgIpc) is 2.70. The highest BCUT2D eigenvalue weighted by Crippen LogP contribution is 2.54. The minimum Gasteiger partial charge on any atom is -0.0589 e. The Morgan fingerprint density at radius 2 is 1.88 bits per heavy atom. The van der Waals surface area contributed by atoms with Gasteiger partial charge in [-0.25, -0.2) is 0 Å². The Morgan fingerprint density at radius 1 is 1.00 bits per heavy atom. The first-order valence-corrected chi connectivity index (χ1v) is 7.69. The summed E-state index contributed by atoms with van der Waals surface area (Å²) in [5, 5.41) is 0. The van der Waals surface area contributed by atoms with Crippen molar-refractivity contribution in [2.75, 3.05) is 0 Å². The molecule has 0 fully saturated rings. The predicted octanol–water partition coefficient (Wildman–Crippen LogP) is 5.21. The van der Waals surface area contributed by atoms with E-state index in [4.69, 9.17) is 0 Å². The molecule has 0 bridgehead atoms. The second kappa shape index (κ2) is 3.71. The summed E-state index contributed by atoms with van der Waals surface area (Å²) in [5.74, 6) is 0.793. The van der Waals surface area contributed by atoms with Crippen LogP contribution >= 0.6 is 15.9 Å². The third kappa shape index (κ3) is 1.35. The minimum atomic E-state index is 0.793. The molecule has 4 rings (SSSR count). The number of fused-ring (bicyclic) bond motifs is 2. The lowest BCUT2D eigenvalue weighted by Crippen LogP contribution is -2.10. The van der Waals surface area contributed by atoms with Crippen molar-refractivity contribution >= 4 is 21.5 Å². The van der Waals surface area contributed by atoms with E-state index in [2.05, 4.69) is 28.1 Å². The highest BCUT2D eigenvalue weighted by Gasteiger charge is 2.36. The van der Waals surface area contributed by atoms with Crippen molar-refractivity contribution in [3.63, 3.8) is 0 Å². The Kier molecular flexibility index (Phi) is 2.27. The molecule has 0 amide bonds. The molecule has 0 spiro atoms. The first-order valence-electron chi connectivity index (χ1n) is 6.90. The quantitative estimate of drug-likeness (QED) is 0.615. The molecule has 0 radical (unpaired) electrons. The van der Waals surface area contributed by atoms with Crippen LogP contribution in [0.25, 0.3) is 5.57 Å². The molecule has 3 aliphatic rings. The van der Waals surface area contributed by atoms with Gasteiger partial charge in [-0.05, 0) is 73.3 Å². The molecule has 88 valence electrons. The zero-order valence-electron chi connectivity index (χ0n) is 10.1. The highest BCUT2D eigenvalue weighted by atomic mass is 79.9. The summed E-state index contributed by atoms with van der Waals surface area (Å²) < 4.78 is 1.35. The summed E-state index contributed by atoms with van der Waals surface area (Å²) in [6.07, 6.45) is 9.56. The van der Waals surface area contributed by atoms with E-state index < -0.39 is 0 Å². The summed E-state index contributed by atoms with van der Waals surface area (Å²) in [5.41, 5.74) is 8.48. The van der Waals surface area contributed by atoms with Crippen molar-refractivity contribution < 1.29 is 0 Å². The maximum atomic E-state index is 3.75. The molecular formula is C16H17Br. The summed E-state index contributed by atoms with van der Waals surface area (Å²) >= 11 is 3.75. The maximum absolute atomic E-state index is 3.75. The third-order valence-electron chi connectivity index (χ3n) is 4.82. The van der Waals surface area contributed by atoms with Crippen LogP contribution in [0, 0.1) is 0 Å². The zero-order chi connectivity index (χ0) is 11.4. The maximum Gasteiger partial charge on any atom is 0.0210 e. The summed E-state index contributed by atoms with van der Waals surface area (Å²) in [6.45, 7) is 0. The average molecular weight is 289 g/mol. The molecule has 0 saturated carbocycles. The highest BCUT2D eigenvalue weighted by molar-refractivity contribution is 9.10. The largest absolute Gasteiger partial charge is 0.0589 e. The first-order chi connectivity index (χ1) is 8.36. The van der Waals surface area contributed by atoms with Gasteiger partial charge in [-0.3, -0.25) is 0 Å². The predicted molar refractivity (Wildman–Crippen MR) is 75.2 cm³/mol. The number of halogens is 1. The van der Waals surface area contributed by atoms with Crippen molar-refractivity contribution in [3.05, 3.63) is 38.9 Å². The van der Waals surface area contributed by atoms with Gasteiger partial charge in [0.25, 0.3) is 0 Å². The third-order valence-corrected chi connectivity index (χ3v) is 5.57. The fraction of sp³-hybridized carbons (Fsp3) is 0.500. The monoisotopic (exact) mass is 288 g/mol. The molecule has 3 aliphatic carbocycles. The van der Waals surface area contributed by atoms with E-state index in [-0.39, 0.29) is 0 Å². The van der Waals surface area contributed by atoms with E-state index in [0.29, 0.717) is 0 Å². The Labute approximate surface area is 111 Å². The van der Waals surface area contributed by atoms with Crippen LogP contribution < -0.4 is 0 Å².